The maximum atomic E-state index is 12.7. The lowest BCUT2D eigenvalue weighted by molar-refractivity contribution is 0.627. The SMILES string of the molecule is CN=C(CN)C(Cl)=C(N)c1ccc(F)cc1. The minimum absolute atomic E-state index is 0.206. The van der Waals surface area contributed by atoms with E-state index in [2.05, 4.69) is 4.99 Å². The predicted octanol–water partition coefficient (Wildman–Crippen LogP) is 1.72. The number of nitrogens with two attached hydrogens (primary N) is 2. The zero-order valence-electron chi connectivity index (χ0n) is 8.87. The van der Waals surface area contributed by atoms with Gasteiger partial charge in [-0.3, -0.25) is 4.99 Å². The molecule has 0 atom stereocenters. The van der Waals surface area contributed by atoms with E-state index in [0.717, 1.165) is 0 Å². The van der Waals surface area contributed by atoms with Crippen molar-refractivity contribution in [3.63, 3.8) is 0 Å². The second-order valence-corrected chi connectivity index (χ2v) is 3.49. The van der Waals surface area contributed by atoms with Gasteiger partial charge in [0.25, 0.3) is 0 Å². The van der Waals surface area contributed by atoms with Gasteiger partial charge in [-0.25, -0.2) is 4.39 Å². The fraction of sp³-hybridized carbons (Fsp3) is 0.182. The highest BCUT2D eigenvalue weighted by molar-refractivity contribution is 6.46. The van der Waals surface area contributed by atoms with E-state index >= 15 is 0 Å². The molecule has 0 amide bonds. The number of aliphatic imine (C=N–C) groups is 1. The van der Waals surface area contributed by atoms with Gasteiger partial charge in [-0.1, -0.05) is 11.6 Å². The van der Waals surface area contributed by atoms with Gasteiger partial charge >= 0.3 is 0 Å². The molecule has 0 spiro atoms. The highest BCUT2D eigenvalue weighted by Gasteiger charge is 2.08. The lowest BCUT2D eigenvalue weighted by Gasteiger charge is -2.07. The van der Waals surface area contributed by atoms with Crippen molar-refractivity contribution in [2.45, 2.75) is 0 Å². The van der Waals surface area contributed by atoms with Crippen molar-refractivity contribution < 1.29 is 4.39 Å². The van der Waals surface area contributed by atoms with Gasteiger partial charge in [0.15, 0.2) is 0 Å². The van der Waals surface area contributed by atoms with Crippen LogP contribution in [-0.4, -0.2) is 19.3 Å². The van der Waals surface area contributed by atoms with E-state index in [9.17, 15) is 4.39 Å². The molecule has 86 valence electrons. The van der Waals surface area contributed by atoms with E-state index in [0.29, 0.717) is 22.0 Å². The summed E-state index contributed by atoms with van der Waals surface area (Å²) in [5, 5.41) is 0.302. The number of rotatable bonds is 3. The van der Waals surface area contributed by atoms with Crippen LogP contribution in [0, 0.1) is 5.82 Å². The molecule has 1 rings (SSSR count). The molecular formula is C11H13ClFN3. The van der Waals surface area contributed by atoms with Gasteiger partial charge in [0, 0.05) is 13.6 Å². The first-order chi connectivity index (χ1) is 7.60. The van der Waals surface area contributed by atoms with Crippen LogP contribution in [0.5, 0.6) is 0 Å². The zero-order chi connectivity index (χ0) is 12.1. The fourth-order valence-corrected chi connectivity index (χ4v) is 1.46. The zero-order valence-corrected chi connectivity index (χ0v) is 9.63. The first-order valence-electron chi connectivity index (χ1n) is 4.67. The second-order valence-electron chi connectivity index (χ2n) is 3.11. The first-order valence-corrected chi connectivity index (χ1v) is 5.05. The minimum Gasteiger partial charge on any atom is -0.397 e. The molecule has 0 aliphatic heterocycles. The maximum Gasteiger partial charge on any atom is 0.123 e. The quantitative estimate of drug-likeness (QED) is 0.792. The number of benzene rings is 1. The van der Waals surface area contributed by atoms with Crippen molar-refractivity contribution in [2.75, 3.05) is 13.6 Å². The molecule has 1 aromatic carbocycles. The Bertz CT molecular complexity index is 423. The summed E-state index contributed by atoms with van der Waals surface area (Å²) in [7, 11) is 1.59. The molecule has 0 radical (unpaired) electrons. The van der Waals surface area contributed by atoms with Gasteiger partial charge in [-0.15, -0.1) is 0 Å². The summed E-state index contributed by atoms with van der Waals surface area (Å²) in [5.74, 6) is -0.323. The van der Waals surface area contributed by atoms with Crippen LogP contribution in [0.1, 0.15) is 5.56 Å². The molecule has 0 aliphatic rings. The molecule has 0 saturated heterocycles. The predicted molar refractivity (Wildman–Crippen MR) is 65.8 cm³/mol. The van der Waals surface area contributed by atoms with Gasteiger partial charge in [-0.2, -0.15) is 0 Å². The summed E-state index contributed by atoms with van der Waals surface area (Å²) in [4.78, 5) is 3.92. The average molecular weight is 242 g/mol. The van der Waals surface area contributed by atoms with Crippen molar-refractivity contribution in [1.82, 2.24) is 0 Å². The molecule has 0 heterocycles. The Morgan fingerprint density at radius 3 is 2.38 bits per heavy atom. The van der Waals surface area contributed by atoms with Crippen LogP contribution in [0.4, 0.5) is 4.39 Å². The van der Waals surface area contributed by atoms with Crippen molar-refractivity contribution in [3.8, 4) is 0 Å². The molecule has 0 fully saturated rings. The minimum atomic E-state index is -0.323. The van der Waals surface area contributed by atoms with Crippen LogP contribution in [0.25, 0.3) is 5.70 Å². The van der Waals surface area contributed by atoms with Crippen molar-refractivity contribution in [1.29, 1.82) is 0 Å². The Labute approximate surface area is 98.6 Å². The smallest absolute Gasteiger partial charge is 0.123 e. The van der Waals surface area contributed by atoms with Crippen molar-refractivity contribution >= 4 is 23.0 Å². The normalized spacial score (nSPS) is 13.6. The van der Waals surface area contributed by atoms with Crippen LogP contribution in [-0.2, 0) is 0 Å². The monoisotopic (exact) mass is 241 g/mol. The van der Waals surface area contributed by atoms with Crippen LogP contribution in [0.3, 0.4) is 0 Å². The van der Waals surface area contributed by atoms with E-state index in [4.69, 9.17) is 23.1 Å². The van der Waals surface area contributed by atoms with Gasteiger partial charge in [0.05, 0.1) is 16.4 Å². The van der Waals surface area contributed by atoms with Crippen LogP contribution in [0.2, 0.25) is 0 Å². The van der Waals surface area contributed by atoms with E-state index in [1.165, 1.54) is 12.1 Å². The number of hydrogen-bond donors (Lipinski definition) is 2. The first kappa shape index (κ1) is 12.7. The average Bonchev–Trinajstić information content (AvgIpc) is 2.30. The third-order valence-electron chi connectivity index (χ3n) is 2.11. The topological polar surface area (TPSA) is 64.4 Å². The van der Waals surface area contributed by atoms with Gasteiger partial charge < -0.3 is 11.5 Å². The van der Waals surface area contributed by atoms with Crippen LogP contribution >= 0.6 is 11.6 Å². The highest BCUT2D eigenvalue weighted by atomic mass is 35.5. The maximum absolute atomic E-state index is 12.7. The molecule has 0 bridgehead atoms. The summed E-state index contributed by atoms with van der Waals surface area (Å²) in [6.45, 7) is 0.206. The molecule has 0 unspecified atom stereocenters. The fourth-order valence-electron chi connectivity index (χ4n) is 1.19. The number of nitrogens with zero attached hydrogens (tertiary/aromatic N) is 1. The largest absolute Gasteiger partial charge is 0.397 e. The number of hydrogen-bond acceptors (Lipinski definition) is 3. The molecule has 16 heavy (non-hydrogen) atoms. The molecular weight excluding hydrogens is 229 g/mol. The Kier molecular flexibility index (Phi) is 4.46. The van der Waals surface area contributed by atoms with E-state index in [1.807, 2.05) is 0 Å². The van der Waals surface area contributed by atoms with Crippen LogP contribution < -0.4 is 11.5 Å². The van der Waals surface area contributed by atoms with Crippen molar-refractivity contribution in [2.24, 2.45) is 16.5 Å². The van der Waals surface area contributed by atoms with Gasteiger partial charge in [-0.05, 0) is 29.8 Å². The van der Waals surface area contributed by atoms with Gasteiger partial charge in [0.1, 0.15) is 5.82 Å². The molecule has 0 aromatic heterocycles. The molecule has 5 heteroatoms. The van der Waals surface area contributed by atoms with E-state index < -0.39 is 0 Å². The Morgan fingerprint density at radius 2 is 1.94 bits per heavy atom. The summed E-state index contributed by atoms with van der Waals surface area (Å²) in [6.07, 6.45) is 0. The van der Waals surface area contributed by atoms with Crippen LogP contribution in [0.15, 0.2) is 34.3 Å². The molecule has 3 nitrogen and oxygen atoms in total. The lowest BCUT2D eigenvalue weighted by atomic mass is 10.1. The lowest BCUT2D eigenvalue weighted by Crippen LogP contribution is -2.16. The Morgan fingerprint density at radius 1 is 1.38 bits per heavy atom. The van der Waals surface area contributed by atoms with E-state index in [-0.39, 0.29) is 12.4 Å². The summed E-state index contributed by atoms with van der Waals surface area (Å²) in [5.41, 5.74) is 12.8. The molecule has 1 aromatic rings. The highest BCUT2D eigenvalue weighted by Crippen LogP contribution is 2.18. The third-order valence-corrected chi connectivity index (χ3v) is 2.53. The Hall–Kier alpha value is -1.39. The Balaban J connectivity index is 3.13. The summed E-state index contributed by atoms with van der Waals surface area (Å²) >= 11 is 6.02. The third kappa shape index (κ3) is 2.81. The standard InChI is InChI=1S/C11H13ClFN3/c1-16-9(6-14)10(12)11(15)7-2-4-8(13)5-3-7/h2-5H,6,14-15H2,1H3. The molecule has 0 saturated carbocycles. The molecule has 0 aliphatic carbocycles. The van der Waals surface area contributed by atoms with Gasteiger partial charge in [0.2, 0.25) is 0 Å². The second kappa shape index (κ2) is 5.63. The van der Waals surface area contributed by atoms with E-state index in [1.54, 1.807) is 19.2 Å². The number of halogens is 2. The molecule has 4 N–H and O–H groups in total. The summed E-state index contributed by atoms with van der Waals surface area (Å²) < 4.78 is 12.7. The van der Waals surface area contributed by atoms with Crippen molar-refractivity contribution in [3.05, 3.63) is 40.7 Å². The summed E-state index contributed by atoms with van der Waals surface area (Å²) in [6, 6.07) is 5.74.